The molecule has 1 fully saturated rings. The Morgan fingerprint density at radius 3 is 2.50 bits per heavy atom. The van der Waals surface area contributed by atoms with Crippen molar-refractivity contribution in [2.45, 2.75) is 32.1 Å². The number of piperidine rings is 1. The standard InChI is InChI=1S/C14H14BrNO2/c15-11-2-1-10-6-14(4-3-9(10)5-11)7-12(17)16-13(18)8-14/h1-2,5H,3-4,6-8H2,(H,16,17,18). The summed E-state index contributed by atoms with van der Waals surface area (Å²) in [7, 11) is 0. The van der Waals surface area contributed by atoms with E-state index in [0.29, 0.717) is 12.8 Å². The van der Waals surface area contributed by atoms with Crippen molar-refractivity contribution in [3.05, 3.63) is 33.8 Å². The number of nitrogens with one attached hydrogen (secondary N) is 1. The van der Waals surface area contributed by atoms with E-state index < -0.39 is 0 Å². The Hall–Kier alpha value is -1.16. The van der Waals surface area contributed by atoms with Crippen LogP contribution in [0.4, 0.5) is 0 Å². The molecule has 1 spiro atoms. The zero-order valence-electron chi connectivity index (χ0n) is 9.96. The second-order valence-corrected chi connectivity index (χ2v) is 6.33. The first-order valence-electron chi connectivity index (χ1n) is 6.16. The molecule has 0 atom stereocenters. The Balaban J connectivity index is 1.92. The van der Waals surface area contributed by atoms with Crippen LogP contribution in [0.15, 0.2) is 22.7 Å². The summed E-state index contributed by atoms with van der Waals surface area (Å²) in [5.41, 5.74) is 2.49. The number of fused-ring (bicyclic) bond motifs is 1. The lowest BCUT2D eigenvalue weighted by molar-refractivity contribution is -0.138. The maximum atomic E-state index is 11.6. The van der Waals surface area contributed by atoms with E-state index in [-0.39, 0.29) is 17.2 Å². The van der Waals surface area contributed by atoms with Gasteiger partial charge in [0.1, 0.15) is 0 Å². The fourth-order valence-electron chi connectivity index (χ4n) is 3.18. The lowest BCUT2D eigenvalue weighted by Gasteiger charge is -2.39. The molecule has 0 aromatic heterocycles. The molecule has 0 bridgehead atoms. The number of benzene rings is 1. The fourth-order valence-corrected chi connectivity index (χ4v) is 3.59. The van der Waals surface area contributed by atoms with E-state index in [1.54, 1.807) is 0 Å². The first-order valence-corrected chi connectivity index (χ1v) is 6.96. The van der Waals surface area contributed by atoms with Crippen molar-refractivity contribution >= 4 is 27.7 Å². The molecule has 1 aromatic rings. The third kappa shape index (κ3) is 2.09. The molecule has 1 heterocycles. The van der Waals surface area contributed by atoms with Gasteiger partial charge in [-0.2, -0.15) is 0 Å². The minimum absolute atomic E-state index is 0.119. The van der Waals surface area contributed by atoms with Crippen molar-refractivity contribution in [3.63, 3.8) is 0 Å². The number of carbonyl (C=O) groups is 2. The predicted molar refractivity (Wildman–Crippen MR) is 71.0 cm³/mol. The molecular weight excluding hydrogens is 294 g/mol. The normalized spacial score (nSPS) is 21.6. The van der Waals surface area contributed by atoms with Gasteiger partial charge < -0.3 is 0 Å². The highest BCUT2D eigenvalue weighted by molar-refractivity contribution is 9.10. The molecule has 4 heteroatoms. The number of imide groups is 1. The van der Waals surface area contributed by atoms with Crippen molar-refractivity contribution in [2.75, 3.05) is 0 Å². The minimum Gasteiger partial charge on any atom is -0.296 e. The quantitative estimate of drug-likeness (QED) is 0.748. The van der Waals surface area contributed by atoms with Gasteiger partial charge in [-0.15, -0.1) is 0 Å². The van der Waals surface area contributed by atoms with Crippen molar-refractivity contribution in [1.82, 2.24) is 5.32 Å². The summed E-state index contributed by atoms with van der Waals surface area (Å²) in [6.07, 6.45) is 3.68. The Bertz CT molecular complexity index is 523. The lowest BCUT2D eigenvalue weighted by atomic mass is 9.66. The van der Waals surface area contributed by atoms with Crippen molar-refractivity contribution < 1.29 is 9.59 Å². The zero-order valence-corrected chi connectivity index (χ0v) is 11.5. The van der Waals surface area contributed by atoms with Gasteiger partial charge in [0.05, 0.1) is 0 Å². The van der Waals surface area contributed by atoms with E-state index >= 15 is 0 Å². The number of carbonyl (C=O) groups excluding carboxylic acids is 2. The van der Waals surface area contributed by atoms with Crippen LogP contribution in [-0.4, -0.2) is 11.8 Å². The molecule has 2 amide bonds. The number of rotatable bonds is 0. The summed E-state index contributed by atoms with van der Waals surface area (Å²) in [6.45, 7) is 0. The second-order valence-electron chi connectivity index (χ2n) is 5.41. The van der Waals surface area contributed by atoms with Crippen molar-refractivity contribution in [2.24, 2.45) is 5.41 Å². The molecule has 0 unspecified atom stereocenters. The maximum Gasteiger partial charge on any atom is 0.227 e. The predicted octanol–water partition coefficient (Wildman–Crippen LogP) is 2.36. The van der Waals surface area contributed by atoms with Crippen LogP contribution in [0.5, 0.6) is 0 Å². The Kier molecular flexibility index (Phi) is 2.77. The molecule has 0 radical (unpaired) electrons. The third-order valence-electron chi connectivity index (χ3n) is 4.01. The molecule has 3 nitrogen and oxygen atoms in total. The van der Waals surface area contributed by atoms with Gasteiger partial charge in [0.2, 0.25) is 11.8 Å². The van der Waals surface area contributed by atoms with Crippen LogP contribution in [0, 0.1) is 5.41 Å². The smallest absolute Gasteiger partial charge is 0.227 e. The Morgan fingerprint density at radius 1 is 1.06 bits per heavy atom. The van der Waals surface area contributed by atoms with Gasteiger partial charge in [0.15, 0.2) is 0 Å². The first-order chi connectivity index (χ1) is 8.56. The molecule has 2 aliphatic rings. The molecule has 1 aromatic carbocycles. The molecule has 94 valence electrons. The summed E-state index contributed by atoms with van der Waals surface area (Å²) < 4.78 is 1.09. The van der Waals surface area contributed by atoms with E-state index in [1.807, 2.05) is 6.07 Å². The second kappa shape index (κ2) is 4.19. The average Bonchev–Trinajstić information content (AvgIpc) is 2.28. The summed E-state index contributed by atoms with van der Waals surface area (Å²) in [5.74, 6) is -0.237. The lowest BCUT2D eigenvalue weighted by Crippen LogP contribution is -2.47. The number of amides is 2. The van der Waals surface area contributed by atoms with Gasteiger partial charge in [-0.3, -0.25) is 14.9 Å². The SMILES string of the molecule is O=C1CC2(CCc3cc(Br)ccc3C2)CC(=O)N1. The van der Waals surface area contributed by atoms with E-state index in [9.17, 15) is 9.59 Å². The largest absolute Gasteiger partial charge is 0.296 e. The van der Waals surface area contributed by atoms with E-state index in [0.717, 1.165) is 23.7 Å². The van der Waals surface area contributed by atoms with Gasteiger partial charge >= 0.3 is 0 Å². The van der Waals surface area contributed by atoms with Crippen LogP contribution in [0.1, 0.15) is 30.4 Å². The van der Waals surface area contributed by atoms with Crippen molar-refractivity contribution in [1.29, 1.82) is 0 Å². The average molecular weight is 308 g/mol. The van der Waals surface area contributed by atoms with E-state index in [4.69, 9.17) is 0 Å². The van der Waals surface area contributed by atoms with Gasteiger partial charge in [-0.05, 0) is 47.9 Å². The van der Waals surface area contributed by atoms with Crippen LogP contribution in [0.3, 0.4) is 0 Å². The number of halogens is 1. The summed E-state index contributed by atoms with van der Waals surface area (Å²) in [6, 6.07) is 6.28. The number of aryl methyl sites for hydroxylation is 1. The highest BCUT2D eigenvalue weighted by Gasteiger charge is 2.41. The molecule has 18 heavy (non-hydrogen) atoms. The van der Waals surface area contributed by atoms with Crippen LogP contribution in [-0.2, 0) is 22.4 Å². The van der Waals surface area contributed by atoms with Crippen molar-refractivity contribution in [3.8, 4) is 0 Å². The highest BCUT2D eigenvalue weighted by atomic mass is 79.9. The number of hydrogen-bond donors (Lipinski definition) is 1. The van der Waals surface area contributed by atoms with Gasteiger partial charge in [-0.25, -0.2) is 0 Å². The molecule has 1 aliphatic carbocycles. The minimum atomic E-state index is -0.139. The molecule has 1 aliphatic heterocycles. The van der Waals surface area contributed by atoms with Crippen LogP contribution in [0.2, 0.25) is 0 Å². The van der Waals surface area contributed by atoms with Crippen LogP contribution < -0.4 is 5.32 Å². The number of hydrogen-bond acceptors (Lipinski definition) is 2. The first kappa shape index (κ1) is 11.9. The molecule has 3 rings (SSSR count). The van der Waals surface area contributed by atoms with Gasteiger partial charge in [-0.1, -0.05) is 22.0 Å². The highest BCUT2D eigenvalue weighted by Crippen LogP contribution is 2.43. The van der Waals surface area contributed by atoms with E-state index in [2.05, 4.69) is 33.4 Å². The van der Waals surface area contributed by atoms with Crippen LogP contribution in [0.25, 0.3) is 0 Å². The Labute approximate surface area is 114 Å². The molecule has 1 N–H and O–H groups in total. The molecule has 1 saturated heterocycles. The Morgan fingerprint density at radius 2 is 1.78 bits per heavy atom. The van der Waals surface area contributed by atoms with E-state index in [1.165, 1.54) is 11.1 Å². The summed E-state index contributed by atoms with van der Waals surface area (Å²) in [4.78, 5) is 23.1. The molecule has 0 saturated carbocycles. The fraction of sp³-hybridized carbons (Fsp3) is 0.429. The summed E-state index contributed by atoms with van der Waals surface area (Å²) in [5, 5.41) is 2.40. The summed E-state index contributed by atoms with van der Waals surface area (Å²) >= 11 is 3.48. The van der Waals surface area contributed by atoms with Crippen LogP contribution >= 0.6 is 15.9 Å². The van der Waals surface area contributed by atoms with Gasteiger partial charge in [0.25, 0.3) is 0 Å². The molecular formula is C14H14BrNO2. The van der Waals surface area contributed by atoms with Gasteiger partial charge in [0, 0.05) is 17.3 Å². The topological polar surface area (TPSA) is 46.2 Å². The zero-order chi connectivity index (χ0) is 12.8. The maximum absolute atomic E-state index is 11.6. The third-order valence-corrected chi connectivity index (χ3v) is 4.50. The monoisotopic (exact) mass is 307 g/mol.